The Morgan fingerprint density at radius 2 is 2.16 bits per heavy atom. The second-order valence-corrected chi connectivity index (χ2v) is 3.93. The zero-order chi connectivity index (χ0) is 13.8. The van der Waals surface area contributed by atoms with E-state index in [-0.39, 0.29) is 12.3 Å². The third-order valence-corrected chi connectivity index (χ3v) is 2.47. The molecule has 7 nitrogen and oxygen atoms in total. The van der Waals surface area contributed by atoms with E-state index in [4.69, 9.17) is 10.5 Å². The number of aryl methyl sites for hydroxylation is 1. The number of anilines is 1. The number of nitrogen functional groups attached to an aromatic ring is 1. The van der Waals surface area contributed by atoms with Crippen molar-refractivity contribution in [3.63, 3.8) is 0 Å². The third-order valence-electron chi connectivity index (χ3n) is 2.47. The zero-order valence-corrected chi connectivity index (χ0v) is 10.2. The molecule has 0 aliphatic heterocycles. The van der Waals surface area contributed by atoms with Gasteiger partial charge in [-0.25, -0.2) is 4.98 Å². The predicted octanol–water partition coefficient (Wildman–Crippen LogP) is 1.85. The highest BCUT2D eigenvalue weighted by atomic mass is 16.6. The Labute approximate surface area is 109 Å². The lowest BCUT2D eigenvalue weighted by Crippen LogP contribution is -2.02. The van der Waals surface area contributed by atoms with Crippen molar-refractivity contribution in [2.75, 3.05) is 5.73 Å². The van der Waals surface area contributed by atoms with Crippen LogP contribution in [-0.2, 0) is 6.61 Å². The van der Waals surface area contributed by atoms with Crippen LogP contribution in [0.1, 0.15) is 11.3 Å². The minimum absolute atomic E-state index is 0.0390. The number of nitro benzene ring substituents is 1. The lowest BCUT2D eigenvalue weighted by Gasteiger charge is -2.08. The van der Waals surface area contributed by atoms with Gasteiger partial charge >= 0.3 is 0 Å². The van der Waals surface area contributed by atoms with E-state index in [0.29, 0.717) is 22.8 Å². The molecule has 0 atom stereocenters. The normalized spacial score (nSPS) is 10.2. The van der Waals surface area contributed by atoms with E-state index in [1.165, 1.54) is 24.5 Å². The van der Waals surface area contributed by atoms with Gasteiger partial charge in [0, 0.05) is 12.1 Å². The van der Waals surface area contributed by atoms with E-state index in [0.717, 1.165) is 0 Å². The van der Waals surface area contributed by atoms with E-state index in [1.807, 2.05) is 0 Å². The van der Waals surface area contributed by atoms with Crippen molar-refractivity contribution in [1.82, 2.24) is 9.97 Å². The fraction of sp³-hybridized carbons (Fsp3) is 0.167. The molecule has 0 aliphatic carbocycles. The lowest BCUT2D eigenvalue weighted by molar-refractivity contribution is -0.384. The second-order valence-electron chi connectivity index (χ2n) is 3.93. The quantitative estimate of drug-likeness (QED) is 0.664. The standard InChI is InChI=1S/C12H12N4O3/c1-8-4-10(16(17)18)2-3-11(8)19-7-9-5-15-12(13)6-14-9/h2-6H,7H2,1H3,(H2,13,15). The molecule has 19 heavy (non-hydrogen) atoms. The number of benzene rings is 1. The van der Waals surface area contributed by atoms with Gasteiger partial charge in [0.25, 0.3) is 5.69 Å². The van der Waals surface area contributed by atoms with E-state index >= 15 is 0 Å². The summed E-state index contributed by atoms with van der Waals surface area (Å²) in [5.74, 6) is 0.916. The average molecular weight is 260 g/mol. The van der Waals surface area contributed by atoms with Gasteiger partial charge in [-0.1, -0.05) is 0 Å². The van der Waals surface area contributed by atoms with E-state index in [1.54, 1.807) is 13.0 Å². The zero-order valence-electron chi connectivity index (χ0n) is 10.2. The van der Waals surface area contributed by atoms with E-state index < -0.39 is 4.92 Å². The van der Waals surface area contributed by atoms with Gasteiger partial charge in [0.2, 0.25) is 0 Å². The van der Waals surface area contributed by atoms with Crippen molar-refractivity contribution in [3.8, 4) is 5.75 Å². The van der Waals surface area contributed by atoms with Crippen molar-refractivity contribution in [2.24, 2.45) is 0 Å². The van der Waals surface area contributed by atoms with Crippen molar-refractivity contribution < 1.29 is 9.66 Å². The Bertz CT molecular complexity index is 598. The highest BCUT2D eigenvalue weighted by Gasteiger charge is 2.09. The van der Waals surface area contributed by atoms with Crippen molar-refractivity contribution >= 4 is 11.5 Å². The molecule has 7 heteroatoms. The molecule has 0 radical (unpaired) electrons. The summed E-state index contributed by atoms with van der Waals surface area (Å²) in [5, 5.41) is 10.6. The predicted molar refractivity (Wildman–Crippen MR) is 68.6 cm³/mol. The fourth-order valence-electron chi connectivity index (χ4n) is 1.50. The van der Waals surface area contributed by atoms with Crippen molar-refractivity contribution in [1.29, 1.82) is 0 Å². The van der Waals surface area contributed by atoms with Crippen LogP contribution in [0.2, 0.25) is 0 Å². The summed E-state index contributed by atoms with van der Waals surface area (Å²) in [6.45, 7) is 1.98. The van der Waals surface area contributed by atoms with Crippen LogP contribution in [0.3, 0.4) is 0 Å². The minimum atomic E-state index is -0.442. The number of non-ortho nitro benzene ring substituents is 1. The van der Waals surface area contributed by atoms with Gasteiger partial charge in [-0.15, -0.1) is 0 Å². The first kappa shape index (κ1) is 12.7. The van der Waals surface area contributed by atoms with E-state index in [9.17, 15) is 10.1 Å². The highest BCUT2D eigenvalue weighted by molar-refractivity contribution is 5.42. The molecule has 0 fully saturated rings. The molecule has 1 heterocycles. The summed E-state index contributed by atoms with van der Waals surface area (Å²) in [6.07, 6.45) is 2.97. The Kier molecular flexibility index (Phi) is 3.56. The molecule has 2 N–H and O–H groups in total. The molecule has 1 aromatic carbocycles. The molecule has 0 aliphatic rings. The van der Waals surface area contributed by atoms with Gasteiger partial charge in [0.05, 0.1) is 23.0 Å². The summed E-state index contributed by atoms with van der Waals surface area (Å²) >= 11 is 0. The molecule has 0 unspecified atom stereocenters. The monoisotopic (exact) mass is 260 g/mol. The molecule has 0 saturated heterocycles. The molecule has 2 aromatic rings. The summed E-state index contributed by atoms with van der Waals surface area (Å²) in [4.78, 5) is 18.1. The maximum atomic E-state index is 10.6. The van der Waals surface area contributed by atoms with Crippen LogP contribution in [0.15, 0.2) is 30.6 Å². The van der Waals surface area contributed by atoms with Gasteiger partial charge in [-0.2, -0.15) is 0 Å². The number of nitrogens with zero attached hydrogens (tertiary/aromatic N) is 3. The maximum absolute atomic E-state index is 10.6. The Balaban J connectivity index is 2.07. The van der Waals surface area contributed by atoms with Crippen LogP contribution in [0.4, 0.5) is 11.5 Å². The van der Waals surface area contributed by atoms with Crippen LogP contribution in [0.5, 0.6) is 5.75 Å². The summed E-state index contributed by atoms with van der Waals surface area (Å²) in [6, 6.07) is 4.43. The van der Waals surface area contributed by atoms with Crippen LogP contribution in [0, 0.1) is 17.0 Å². The lowest BCUT2D eigenvalue weighted by atomic mass is 10.2. The maximum Gasteiger partial charge on any atom is 0.269 e. The van der Waals surface area contributed by atoms with Crippen molar-refractivity contribution in [3.05, 3.63) is 52.0 Å². The molecular weight excluding hydrogens is 248 g/mol. The molecular formula is C12H12N4O3. The minimum Gasteiger partial charge on any atom is -0.487 e. The SMILES string of the molecule is Cc1cc([N+](=O)[O-])ccc1OCc1cnc(N)cn1. The number of hydrogen-bond acceptors (Lipinski definition) is 6. The number of aromatic nitrogens is 2. The van der Waals surface area contributed by atoms with Crippen LogP contribution in [0.25, 0.3) is 0 Å². The molecule has 0 bridgehead atoms. The van der Waals surface area contributed by atoms with Gasteiger partial charge in [0.15, 0.2) is 0 Å². The number of rotatable bonds is 4. The highest BCUT2D eigenvalue weighted by Crippen LogP contribution is 2.23. The number of nitro groups is 1. The Hall–Kier alpha value is -2.70. The Morgan fingerprint density at radius 1 is 1.37 bits per heavy atom. The first-order chi connectivity index (χ1) is 9.06. The van der Waals surface area contributed by atoms with Crippen LogP contribution >= 0.6 is 0 Å². The summed E-state index contributed by atoms with van der Waals surface area (Å²) < 4.78 is 5.53. The fourth-order valence-corrected chi connectivity index (χ4v) is 1.50. The number of nitrogens with two attached hydrogens (primary N) is 1. The molecule has 98 valence electrons. The van der Waals surface area contributed by atoms with Gasteiger partial charge in [-0.3, -0.25) is 15.1 Å². The first-order valence-corrected chi connectivity index (χ1v) is 5.50. The van der Waals surface area contributed by atoms with Gasteiger partial charge in [0.1, 0.15) is 18.2 Å². The molecule has 0 amide bonds. The smallest absolute Gasteiger partial charge is 0.269 e. The summed E-state index contributed by atoms with van der Waals surface area (Å²) in [7, 11) is 0. The number of ether oxygens (including phenoxy) is 1. The molecule has 2 rings (SSSR count). The third kappa shape index (κ3) is 3.15. The van der Waals surface area contributed by atoms with Gasteiger partial charge in [-0.05, 0) is 18.6 Å². The van der Waals surface area contributed by atoms with Crippen LogP contribution < -0.4 is 10.5 Å². The number of hydrogen-bond donors (Lipinski definition) is 1. The van der Waals surface area contributed by atoms with Gasteiger partial charge < -0.3 is 10.5 Å². The summed E-state index contributed by atoms with van der Waals surface area (Å²) in [5.41, 5.74) is 6.79. The van der Waals surface area contributed by atoms with Crippen LogP contribution in [-0.4, -0.2) is 14.9 Å². The topological polar surface area (TPSA) is 104 Å². The Morgan fingerprint density at radius 3 is 2.74 bits per heavy atom. The molecule has 0 saturated carbocycles. The largest absolute Gasteiger partial charge is 0.487 e. The molecule has 0 spiro atoms. The molecule has 1 aromatic heterocycles. The van der Waals surface area contributed by atoms with E-state index in [2.05, 4.69) is 9.97 Å². The first-order valence-electron chi connectivity index (χ1n) is 5.50. The second kappa shape index (κ2) is 5.30. The van der Waals surface area contributed by atoms with Crippen molar-refractivity contribution in [2.45, 2.75) is 13.5 Å². The average Bonchev–Trinajstić information content (AvgIpc) is 2.39.